The number of halogens is 3. The molecule has 0 aliphatic carbocycles. The number of aryl methyl sites for hydroxylation is 1. The highest BCUT2D eigenvalue weighted by Gasteiger charge is 2.27. The number of nitrogens with zero attached hydrogens (tertiary/aromatic N) is 3. The van der Waals surface area contributed by atoms with Gasteiger partial charge in [0.25, 0.3) is 5.91 Å². The van der Waals surface area contributed by atoms with Crippen LogP contribution in [-0.4, -0.2) is 28.4 Å². The van der Waals surface area contributed by atoms with Crippen molar-refractivity contribution >= 4 is 5.91 Å². The van der Waals surface area contributed by atoms with Crippen LogP contribution < -0.4 is 10.1 Å². The van der Waals surface area contributed by atoms with Crippen LogP contribution in [-0.2, 0) is 6.61 Å². The van der Waals surface area contributed by atoms with Crippen LogP contribution in [0.4, 0.5) is 13.2 Å². The molecule has 6 nitrogen and oxygen atoms in total. The Labute approximate surface area is 170 Å². The predicted octanol–water partition coefficient (Wildman–Crippen LogP) is 3.92. The normalized spacial score (nSPS) is 11.0. The number of aromatic nitrogens is 2. The van der Waals surface area contributed by atoms with Crippen molar-refractivity contribution in [3.05, 3.63) is 77.1 Å². The molecule has 0 saturated carbocycles. The number of carbonyl (C=O) groups excluding carboxylic acids is 1. The fourth-order valence-electron chi connectivity index (χ4n) is 2.77. The van der Waals surface area contributed by atoms with Gasteiger partial charge in [0.1, 0.15) is 30.5 Å². The van der Waals surface area contributed by atoms with E-state index in [0.29, 0.717) is 22.7 Å². The molecule has 1 N–H and O–H groups in total. The van der Waals surface area contributed by atoms with Crippen molar-refractivity contribution < 1.29 is 22.7 Å². The second-order valence-corrected chi connectivity index (χ2v) is 6.38. The molecule has 0 saturated heterocycles. The highest BCUT2D eigenvalue weighted by atomic mass is 19.4. The van der Waals surface area contributed by atoms with Crippen LogP contribution in [0.25, 0.3) is 5.69 Å². The van der Waals surface area contributed by atoms with Gasteiger partial charge in [-0.1, -0.05) is 18.2 Å². The zero-order chi connectivity index (χ0) is 21.7. The van der Waals surface area contributed by atoms with E-state index in [1.165, 1.54) is 24.3 Å². The molecule has 0 aliphatic heterocycles. The molecule has 9 heteroatoms. The first-order valence-electron chi connectivity index (χ1n) is 8.90. The van der Waals surface area contributed by atoms with Gasteiger partial charge in [0.05, 0.1) is 17.1 Å². The second-order valence-electron chi connectivity index (χ2n) is 6.38. The summed E-state index contributed by atoms with van der Waals surface area (Å²) in [6, 6.07) is 17.1. The number of amides is 1. The second kappa shape index (κ2) is 8.69. The average Bonchev–Trinajstić information content (AvgIpc) is 3.06. The molecule has 0 atom stereocenters. The van der Waals surface area contributed by atoms with E-state index in [1.807, 2.05) is 35.6 Å². The molecule has 30 heavy (non-hydrogen) atoms. The summed E-state index contributed by atoms with van der Waals surface area (Å²) >= 11 is 0. The fraction of sp³-hybridized carbons (Fsp3) is 0.190. The Balaban J connectivity index is 1.73. The molecule has 3 rings (SSSR count). The Bertz CT molecular complexity index is 1070. The number of alkyl halides is 3. The molecule has 0 fully saturated rings. The van der Waals surface area contributed by atoms with Crippen LogP contribution in [0.1, 0.15) is 27.3 Å². The van der Waals surface area contributed by atoms with Gasteiger partial charge in [-0.05, 0) is 43.3 Å². The maximum absolute atomic E-state index is 12.2. The summed E-state index contributed by atoms with van der Waals surface area (Å²) in [4.78, 5) is 11.8. The number of benzene rings is 2. The molecule has 2 aromatic carbocycles. The van der Waals surface area contributed by atoms with E-state index in [9.17, 15) is 23.2 Å². The average molecular weight is 414 g/mol. The van der Waals surface area contributed by atoms with Gasteiger partial charge < -0.3 is 10.1 Å². The number of para-hydroxylation sites is 1. The largest absolute Gasteiger partial charge is 0.487 e. The standard InChI is InChI=1S/C21H17F3N4O2/c1-14-18(11-25)19(28(27-14)16-5-3-2-4-6-16)12-30-17-9-7-15(8-10-17)20(29)26-13-21(22,23)24/h2-10H,12-13H2,1H3,(H,26,29). The molecule has 1 amide bonds. The fourth-order valence-corrected chi connectivity index (χ4v) is 2.77. The first-order chi connectivity index (χ1) is 14.3. The van der Waals surface area contributed by atoms with Crippen molar-refractivity contribution in [2.75, 3.05) is 6.54 Å². The molecule has 1 aromatic heterocycles. The summed E-state index contributed by atoms with van der Waals surface area (Å²) in [7, 11) is 0. The van der Waals surface area contributed by atoms with Crippen molar-refractivity contribution in [3.63, 3.8) is 0 Å². The lowest BCUT2D eigenvalue weighted by Gasteiger charge is -2.11. The van der Waals surface area contributed by atoms with Crippen molar-refractivity contribution in [2.24, 2.45) is 0 Å². The minimum Gasteiger partial charge on any atom is -0.487 e. The summed E-state index contributed by atoms with van der Waals surface area (Å²) in [5, 5.41) is 15.7. The number of hydrogen-bond acceptors (Lipinski definition) is 4. The quantitative estimate of drug-likeness (QED) is 0.663. The van der Waals surface area contributed by atoms with Crippen molar-refractivity contribution in [1.29, 1.82) is 5.26 Å². The number of hydrogen-bond donors (Lipinski definition) is 1. The Morgan fingerprint density at radius 1 is 1.17 bits per heavy atom. The van der Waals surface area contributed by atoms with Gasteiger partial charge in [0, 0.05) is 5.56 Å². The Morgan fingerprint density at radius 2 is 1.83 bits per heavy atom. The minimum absolute atomic E-state index is 0.0399. The van der Waals surface area contributed by atoms with E-state index < -0.39 is 18.6 Å². The van der Waals surface area contributed by atoms with Gasteiger partial charge in [-0.2, -0.15) is 23.5 Å². The molecule has 0 bridgehead atoms. The van der Waals surface area contributed by atoms with Crippen molar-refractivity contribution in [1.82, 2.24) is 15.1 Å². The summed E-state index contributed by atoms with van der Waals surface area (Å²) in [6.45, 7) is 0.373. The predicted molar refractivity (Wildman–Crippen MR) is 102 cm³/mol. The van der Waals surface area contributed by atoms with Crippen molar-refractivity contribution in [3.8, 4) is 17.5 Å². The third-order valence-corrected chi connectivity index (χ3v) is 4.21. The Morgan fingerprint density at radius 3 is 2.43 bits per heavy atom. The molecular formula is C21H17F3N4O2. The first kappa shape index (κ1) is 20.9. The maximum Gasteiger partial charge on any atom is 0.405 e. The molecule has 1 heterocycles. The minimum atomic E-state index is -4.48. The van der Waals surface area contributed by atoms with Gasteiger partial charge in [-0.15, -0.1) is 0 Å². The first-order valence-corrected chi connectivity index (χ1v) is 8.90. The summed E-state index contributed by atoms with van der Waals surface area (Å²) in [6.07, 6.45) is -4.48. The highest BCUT2D eigenvalue weighted by molar-refractivity contribution is 5.94. The van der Waals surface area contributed by atoms with E-state index >= 15 is 0 Å². The Hall–Kier alpha value is -3.80. The molecule has 154 valence electrons. The number of nitrogens with one attached hydrogen (secondary N) is 1. The van der Waals surface area contributed by atoms with Crippen LogP contribution in [0.15, 0.2) is 54.6 Å². The third kappa shape index (κ3) is 4.97. The Kier molecular flexibility index (Phi) is 6.06. The van der Waals surface area contributed by atoms with E-state index in [4.69, 9.17) is 4.74 Å². The van der Waals surface area contributed by atoms with Gasteiger partial charge in [0.15, 0.2) is 0 Å². The van der Waals surface area contributed by atoms with Crippen LogP contribution in [0.5, 0.6) is 5.75 Å². The molecule has 0 spiro atoms. The van der Waals surface area contributed by atoms with Crippen LogP contribution in [0.3, 0.4) is 0 Å². The smallest absolute Gasteiger partial charge is 0.405 e. The molecule has 0 radical (unpaired) electrons. The maximum atomic E-state index is 12.2. The lowest BCUT2D eigenvalue weighted by atomic mass is 10.2. The number of rotatable bonds is 6. The molecule has 0 aliphatic rings. The van der Waals surface area contributed by atoms with Crippen LogP contribution >= 0.6 is 0 Å². The summed E-state index contributed by atoms with van der Waals surface area (Å²) in [5.41, 5.74) is 2.39. The molecule has 3 aromatic rings. The van der Waals surface area contributed by atoms with Crippen LogP contribution in [0, 0.1) is 18.3 Å². The van der Waals surface area contributed by atoms with Gasteiger partial charge in [-0.25, -0.2) is 4.68 Å². The van der Waals surface area contributed by atoms with E-state index in [2.05, 4.69) is 11.2 Å². The van der Waals surface area contributed by atoms with Crippen molar-refractivity contribution in [2.45, 2.75) is 19.7 Å². The molecule has 0 unspecified atom stereocenters. The number of carbonyl (C=O) groups is 1. The summed E-state index contributed by atoms with van der Waals surface area (Å²) < 4.78 is 44.0. The highest BCUT2D eigenvalue weighted by Crippen LogP contribution is 2.21. The van der Waals surface area contributed by atoms with Gasteiger partial charge >= 0.3 is 6.18 Å². The van der Waals surface area contributed by atoms with E-state index in [1.54, 1.807) is 11.6 Å². The monoisotopic (exact) mass is 414 g/mol. The lowest BCUT2D eigenvalue weighted by molar-refractivity contribution is -0.123. The molecular weight excluding hydrogens is 397 g/mol. The van der Waals surface area contributed by atoms with E-state index in [0.717, 1.165) is 5.69 Å². The zero-order valence-electron chi connectivity index (χ0n) is 15.9. The number of nitriles is 1. The SMILES string of the molecule is Cc1nn(-c2ccccc2)c(COc2ccc(C(=O)NCC(F)(F)F)cc2)c1C#N. The topological polar surface area (TPSA) is 79.9 Å². The van der Waals surface area contributed by atoms with Gasteiger partial charge in [0.2, 0.25) is 0 Å². The van der Waals surface area contributed by atoms with Crippen LogP contribution in [0.2, 0.25) is 0 Å². The third-order valence-electron chi connectivity index (χ3n) is 4.21. The van der Waals surface area contributed by atoms with Gasteiger partial charge in [-0.3, -0.25) is 4.79 Å². The summed E-state index contributed by atoms with van der Waals surface area (Å²) in [5.74, 6) is -0.437. The zero-order valence-corrected chi connectivity index (χ0v) is 15.9. The van der Waals surface area contributed by atoms with E-state index in [-0.39, 0.29) is 12.2 Å². The lowest BCUT2D eigenvalue weighted by Crippen LogP contribution is -2.33. The number of ether oxygens (including phenoxy) is 1.